The smallest absolute Gasteiger partial charge is 0.143 e. The first-order valence-electron chi connectivity index (χ1n) is 6.29. The van der Waals surface area contributed by atoms with E-state index >= 15 is 0 Å². The molecule has 0 heterocycles. The zero-order valence-electron chi connectivity index (χ0n) is 10.9. The second-order valence-electron chi connectivity index (χ2n) is 4.16. The molecule has 0 aliphatic carbocycles. The number of aldehydes is 2. The molecule has 0 spiro atoms. The van der Waals surface area contributed by atoms with Crippen LogP contribution in [-0.4, -0.2) is 12.6 Å². The molecule has 2 nitrogen and oxygen atoms in total. The van der Waals surface area contributed by atoms with E-state index in [2.05, 4.69) is 0 Å². The van der Waals surface area contributed by atoms with E-state index in [1.165, 1.54) is 12.2 Å². The van der Waals surface area contributed by atoms with Crippen molar-refractivity contribution in [3.8, 4) is 0 Å². The summed E-state index contributed by atoms with van der Waals surface area (Å²) in [6.07, 6.45) is 4.45. The van der Waals surface area contributed by atoms with E-state index in [0.717, 1.165) is 34.8 Å². The number of rotatable bonds is 5. The van der Waals surface area contributed by atoms with Crippen molar-refractivity contribution in [2.24, 2.45) is 0 Å². The molecule has 0 fully saturated rings. The second-order valence-corrected chi connectivity index (χ2v) is 4.16. The summed E-state index contributed by atoms with van der Waals surface area (Å²) in [5.74, 6) is 0. The van der Waals surface area contributed by atoms with Gasteiger partial charge >= 0.3 is 0 Å². The lowest BCUT2D eigenvalue weighted by molar-refractivity contribution is -0.104. The van der Waals surface area contributed by atoms with Crippen LogP contribution in [0.1, 0.15) is 11.1 Å². The van der Waals surface area contributed by atoms with Crippen LogP contribution in [0.25, 0.3) is 11.1 Å². The highest BCUT2D eigenvalue weighted by molar-refractivity contribution is 6.11. The van der Waals surface area contributed by atoms with Gasteiger partial charge in [-0.2, -0.15) is 0 Å². The summed E-state index contributed by atoms with van der Waals surface area (Å²) in [5, 5.41) is 0. The van der Waals surface area contributed by atoms with Crippen molar-refractivity contribution in [3.63, 3.8) is 0 Å². The van der Waals surface area contributed by atoms with Gasteiger partial charge in [0.1, 0.15) is 12.6 Å². The fraction of sp³-hybridized carbons (Fsp3) is 0. The summed E-state index contributed by atoms with van der Waals surface area (Å²) >= 11 is 0. The SMILES string of the molecule is O=C/C=C(\C(=C/C=O)c1ccccc1)c1ccccc1. The molecule has 0 aliphatic heterocycles. The lowest BCUT2D eigenvalue weighted by Gasteiger charge is -2.11. The Morgan fingerprint density at radius 3 is 1.25 bits per heavy atom. The topological polar surface area (TPSA) is 34.1 Å². The third-order valence-electron chi connectivity index (χ3n) is 2.93. The molecule has 0 aromatic heterocycles. The van der Waals surface area contributed by atoms with Crippen LogP contribution in [0.3, 0.4) is 0 Å². The van der Waals surface area contributed by atoms with E-state index in [9.17, 15) is 9.59 Å². The first-order valence-corrected chi connectivity index (χ1v) is 6.29. The van der Waals surface area contributed by atoms with E-state index in [-0.39, 0.29) is 0 Å². The van der Waals surface area contributed by atoms with Crippen molar-refractivity contribution in [2.45, 2.75) is 0 Å². The van der Waals surface area contributed by atoms with E-state index in [4.69, 9.17) is 0 Å². The Balaban J connectivity index is 2.57. The molecule has 0 amide bonds. The number of hydrogen-bond acceptors (Lipinski definition) is 2. The summed E-state index contributed by atoms with van der Waals surface area (Å²) < 4.78 is 0. The van der Waals surface area contributed by atoms with Crippen LogP contribution in [0.15, 0.2) is 72.8 Å². The summed E-state index contributed by atoms with van der Waals surface area (Å²) in [6, 6.07) is 19.1. The van der Waals surface area contributed by atoms with Crippen molar-refractivity contribution in [3.05, 3.63) is 83.9 Å². The highest BCUT2D eigenvalue weighted by Crippen LogP contribution is 2.30. The zero-order valence-corrected chi connectivity index (χ0v) is 10.9. The molecular formula is C18H14O2. The van der Waals surface area contributed by atoms with Gasteiger partial charge in [-0.15, -0.1) is 0 Å². The maximum absolute atomic E-state index is 10.9. The lowest BCUT2D eigenvalue weighted by Crippen LogP contribution is -1.92. The molecule has 0 unspecified atom stereocenters. The van der Waals surface area contributed by atoms with Crippen molar-refractivity contribution in [1.29, 1.82) is 0 Å². The number of carbonyl (C=O) groups is 2. The van der Waals surface area contributed by atoms with Crippen LogP contribution in [0.4, 0.5) is 0 Å². The molecule has 2 heteroatoms. The normalized spacial score (nSPS) is 12.0. The summed E-state index contributed by atoms with van der Waals surface area (Å²) in [4.78, 5) is 21.9. The average molecular weight is 262 g/mol. The highest BCUT2D eigenvalue weighted by Gasteiger charge is 2.09. The van der Waals surface area contributed by atoms with Crippen LogP contribution in [0.5, 0.6) is 0 Å². The zero-order chi connectivity index (χ0) is 14.2. The first kappa shape index (κ1) is 13.7. The van der Waals surface area contributed by atoms with Gasteiger partial charge in [0, 0.05) is 0 Å². The molecule has 0 aliphatic rings. The van der Waals surface area contributed by atoms with Gasteiger partial charge in [-0.05, 0) is 34.4 Å². The summed E-state index contributed by atoms with van der Waals surface area (Å²) in [5.41, 5.74) is 3.27. The molecule has 2 rings (SSSR count). The third kappa shape index (κ3) is 3.18. The first-order chi connectivity index (χ1) is 9.86. The Labute approximate surface area is 118 Å². The van der Waals surface area contributed by atoms with Gasteiger partial charge in [0.15, 0.2) is 0 Å². The average Bonchev–Trinajstić information content (AvgIpc) is 2.52. The van der Waals surface area contributed by atoms with Crippen LogP contribution in [-0.2, 0) is 9.59 Å². The minimum atomic E-state index is 0.735. The van der Waals surface area contributed by atoms with Gasteiger partial charge in [0.25, 0.3) is 0 Å². The van der Waals surface area contributed by atoms with Crippen LogP contribution < -0.4 is 0 Å². The Kier molecular flexibility index (Phi) is 4.79. The molecule has 0 radical (unpaired) electrons. The largest absolute Gasteiger partial charge is 0.299 e. The second kappa shape index (κ2) is 7.00. The number of allylic oxidation sites excluding steroid dienone is 4. The standard InChI is InChI=1S/C18H14O2/c19-13-11-17(15-7-3-1-4-8-15)18(12-14-20)16-9-5-2-6-10-16/h1-14H/b17-11-,18-12-. The fourth-order valence-corrected chi connectivity index (χ4v) is 2.05. The number of hydrogen-bond donors (Lipinski definition) is 0. The number of benzene rings is 2. The van der Waals surface area contributed by atoms with Crippen molar-refractivity contribution in [1.82, 2.24) is 0 Å². The van der Waals surface area contributed by atoms with Crippen LogP contribution in [0, 0.1) is 0 Å². The quantitative estimate of drug-likeness (QED) is 0.469. The monoisotopic (exact) mass is 262 g/mol. The Bertz CT molecular complexity index is 578. The van der Waals surface area contributed by atoms with Crippen molar-refractivity contribution in [2.75, 3.05) is 0 Å². The molecule has 2 aromatic carbocycles. The van der Waals surface area contributed by atoms with E-state index in [1.807, 2.05) is 60.7 Å². The van der Waals surface area contributed by atoms with Gasteiger partial charge in [-0.25, -0.2) is 0 Å². The van der Waals surface area contributed by atoms with Gasteiger partial charge < -0.3 is 0 Å². The predicted octanol–water partition coefficient (Wildman–Crippen LogP) is 3.55. The van der Waals surface area contributed by atoms with E-state index in [0.29, 0.717) is 0 Å². The van der Waals surface area contributed by atoms with Crippen LogP contribution >= 0.6 is 0 Å². The highest BCUT2D eigenvalue weighted by atomic mass is 16.1. The van der Waals surface area contributed by atoms with Gasteiger partial charge in [-0.1, -0.05) is 60.7 Å². The molecule has 0 saturated carbocycles. The van der Waals surface area contributed by atoms with Crippen molar-refractivity contribution < 1.29 is 9.59 Å². The predicted molar refractivity (Wildman–Crippen MR) is 81.0 cm³/mol. The summed E-state index contributed by atoms with van der Waals surface area (Å²) in [7, 11) is 0. The minimum absolute atomic E-state index is 0.735. The maximum Gasteiger partial charge on any atom is 0.143 e. The number of carbonyl (C=O) groups excluding carboxylic acids is 2. The molecular weight excluding hydrogens is 248 g/mol. The minimum Gasteiger partial charge on any atom is -0.299 e. The molecule has 0 bridgehead atoms. The van der Waals surface area contributed by atoms with E-state index in [1.54, 1.807) is 0 Å². The Morgan fingerprint density at radius 1 is 0.600 bits per heavy atom. The molecule has 0 saturated heterocycles. The van der Waals surface area contributed by atoms with Crippen LogP contribution in [0.2, 0.25) is 0 Å². The van der Waals surface area contributed by atoms with Gasteiger partial charge in [0.05, 0.1) is 0 Å². The molecule has 2 aromatic rings. The Hall–Kier alpha value is -2.74. The molecule has 98 valence electrons. The van der Waals surface area contributed by atoms with Gasteiger partial charge in [-0.3, -0.25) is 9.59 Å². The molecule has 0 atom stereocenters. The molecule has 20 heavy (non-hydrogen) atoms. The van der Waals surface area contributed by atoms with E-state index < -0.39 is 0 Å². The van der Waals surface area contributed by atoms with Crippen molar-refractivity contribution >= 4 is 23.7 Å². The fourth-order valence-electron chi connectivity index (χ4n) is 2.05. The third-order valence-corrected chi connectivity index (χ3v) is 2.93. The Morgan fingerprint density at radius 2 is 0.950 bits per heavy atom. The maximum atomic E-state index is 10.9. The lowest BCUT2D eigenvalue weighted by atomic mass is 9.92. The summed E-state index contributed by atoms with van der Waals surface area (Å²) in [6.45, 7) is 0. The van der Waals surface area contributed by atoms with Gasteiger partial charge in [0.2, 0.25) is 0 Å². The molecule has 0 N–H and O–H groups in total.